The van der Waals surface area contributed by atoms with Gasteiger partial charge in [-0.25, -0.2) is 25.1 Å². The molecular formula is C14H12N4O4S2. The largest absolute Gasteiger partial charge is 0.465 e. The number of thiazole rings is 2. The third-order valence-electron chi connectivity index (χ3n) is 3.10. The highest BCUT2D eigenvalue weighted by Gasteiger charge is 2.21. The summed E-state index contributed by atoms with van der Waals surface area (Å²) < 4.78 is 0.984. The number of nitrogens with zero attached hydrogens (tertiary/aromatic N) is 3. The van der Waals surface area contributed by atoms with Gasteiger partial charge in [0.1, 0.15) is 5.01 Å². The molecule has 2 aromatic heterocycles. The zero-order chi connectivity index (χ0) is 17.1. The number of hydroxylamine groups is 1. The summed E-state index contributed by atoms with van der Waals surface area (Å²) >= 11 is 2.54. The minimum absolute atomic E-state index is 0.0772. The average molecular weight is 364 g/mol. The van der Waals surface area contributed by atoms with E-state index in [1.165, 1.54) is 16.8 Å². The Morgan fingerprint density at radius 2 is 2.04 bits per heavy atom. The number of anilines is 1. The van der Waals surface area contributed by atoms with Crippen molar-refractivity contribution >= 4 is 50.0 Å². The molecule has 8 nitrogen and oxygen atoms in total. The Morgan fingerprint density at radius 1 is 1.25 bits per heavy atom. The first kappa shape index (κ1) is 16.3. The summed E-state index contributed by atoms with van der Waals surface area (Å²) in [5.74, 6) is -0.611. The monoisotopic (exact) mass is 364 g/mol. The number of carbonyl (C=O) groups is 2. The lowest BCUT2D eigenvalue weighted by Gasteiger charge is -2.13. The first-order valence-corrected chi connectivity index (χ1v) is 8.48. The van der Waals surface area contributed by atoms with Crippen molar-refractivity contribution in [1.82, 2.24) is 15.4 Å². The normalized spacial score (nSPS) is 10.7. The van der Waals surface area contributed by atoms with E-state index in [2.05, 4.69) is 9.97 Å². The molecular weight excluding hydrogens is 352 g/mol. The number of amides is 2. The molecule has 0 unspecified atom stereocenters. The second-order valence-corrected chi connectivity index (χ2v) is 6.73. The van der Waals surface area contributed by atoms with Crippen LogP contribution in [0.1, 0.15) is 10.7 Å². The molecule has 3 rings (SSSR count). The molecule has 3 N–H and O–H groups in total. The van der Waals surface area contributed by atoms with Crippen molar-refractivity contribution in [3.05, 3.63) is 40.3 Å². The van der Waals surface area contributed by atoms with Gasteiger partial charge in [-0.2, -0.15) is 0 Å². The van der Waals surface area contributed by atoms with Gasteiger partial charge in [0.05, 0.1) is 28.9 Å². The summed E-state index contributed by atoms with van der Waals surface area (Å²) in [6, 6.07) is 7.57. The standard InChI is InChI=1S/C14H12N4O4S2/c19-11(17-22)5-8-7-23-13(15-8)18(14(20)21)6-12-16-9-3-1-2-4-10(9)24-12/h1-4,7,22H,5-6H2,(H,17,19)(H,20,21). The van der Waals surface area contributed by atoms with Crippen molar-refractivity contribution in [3.63, 3.8) is 0 Å². The minimum atomic E-state index is -1.15. The molecule has 0 saturated heterocycles. The molecule has 3 aromatic rings. The Labute approximate surface area is 144 Å². The van der Waals surface area contributed by atoms with E-state index in [4.69, 9.17) is 5.21 Å². The van der Waals surface area contributed by atoms with Crippen molar-refractivity contribution in [3.8, 4) is 0 Å². The van der Waals surface area contributed by atoms with E-state index in [1.54, 1.807) is 5.38 Å². The molecule has 0 fully saturated rings. The molecule has 0 aliphatic heterocycles. The van der Waals surface area contributed by atoms with Gasteiger partial charge in [0.2, 0.25) is 5.91 Å². The molecule has 1 aromatic carbocycles. The zero-order valence-electron chi connectivity index (χ0n) is 12.2. The van der Waals surface area contributed by atoms with Crippen molar-refractivity contribution < 1.29 is 19.9 Å². The smallest absolute Gasteiger partial charge is 0.414 e. The van der Waals surface area contributed by atoms with Crippen LogP contribution in [0.3, 0.4) is 0 Å². The average Bonchev–Trinajstić information content (AvgIpc) is 3.18. The van der Waals surface area contributed by atoms with E-state index >= 15 is 0 Å². The van der Waals surface area contributed by atoms with Crippen LogP contribution in [0.5, 0.6) is 0 Å². The fraction of sp³-hybridized carbons (Fsp3) is 0.143. The van der Waals surface area contributed by atoms with Crippen molar-refractivity contribution in [2.45, 2.75) is 13.0 Å². The second kappa shape index (κ2) is 6.91. The Hall–Kier alpha value is -2.56. The third kappa shape index (κ3) is 3.50. The van der Waals surface area contributed by atoms with Gasteiger partial charge in [-0.3, -0.25) is 10.0 Å². The van der Waals surface area contributed by atoms with Crippen molar-refractivity contribution in [2.24, 2.45) is 0 Å². The van der Waals surface area contributed by atoms with E-state index in [-0.39, 0.29) is 18.1 Å². The van der Waals surface area contributed by atoms with Gasteiger partial charge in [-0.05, 0) is 12.1 Å². The molecule has 2 heterocycles. The SMILES string of the molecule is O=C(Cc1csc(N(Cc2nc3ccccc3s2)C(=O)O)n1)NO. The van der Waals surface area contributed by atoms with E-state index in [0.717, 1.165) is 26.5 Å². The Morgan fingerprint density at radius 3 is 2.75 bits per heavy atom. The van der Waals surface area contributed by atoms with E-state index in [9.17, 15) is 14.7 Å². The molecule has 10 heteroatoms. The fourth-order valence-electron chi connectivity index (χ4n) is 2.05. The molecule has 0 aliphatic carbocycles. The fourth-order valence-corrected chi connectivity index (χ4v) is 3.82. The Bertz CT molecular complexity index is 859. The molecule has 0 atom stereocenters. The number of hydrogen-bond acceptors (Lipinski definition) is 7. The van der Waals surface area contributed by atoms with E-state index < -0.39 is 12.0 Å². The van der Waals surface area contributed by atoms with Crippen LogP contribution in [0.25, 0.3) is 10.2 Å². The maximum absolute atomic E-state index is 11.6. The molecule has 0 spiro atoms. The van der Waals surface area contributed by atoms with Crippen LogP contribution >= 0.6 is 22.7 Å². The van der Waals surface area contributed by atoms with Crippen LogP contribution < -0.4 is 10.4 Å². The molecule has 0 aliphatic rings. The number of hydrogen-bond donors (Lipinski definition) is 3. The van der Waals surface area contributed by atoms with Crippen LogP contribution in [-0.4, -0.2) is 32.3 Å². The van der Waals surface area contributed by atoms with Gasteiger partial charge in [0.25, 0.3) is 0 Å². The number of aromatic nitrogens is 2. The van der Waals surface area contributed by atoms with Crippen molar-refractivity contribution in [1.29, 1.82) is 0 Å². The lowest BCUT2D eigenvalue weighted by Crippen LogP contribution is -2.28. The van der Waals surface area contributed by atoms with Gasteiger partial charge < -0.3 is 5.11 Å². The highest BCUT2D eigenvalue weighted by atomic mass is 32.1. The lowest BCUT2D eigenvalue weighted by atomic mass is 10.3. The molecule has 124 valence electrons. The first-order valence-electron chi connectivity index (χ1n) is 6.79. The number of carboxylic acid groups (broad SMARTS) is 1. The number of rotatable bonds is 5. The summed E-state index contributed by atoms with van der Waals surface area (Å²) in [5.41, 5.74) is 2.72. The summed E-state index contributed by atoms with van der Waals surface area (Å²) in [6.45, 7) is 0.0772. The Balaban J connectivity index is 1.82. The number of fused-ring (bicyclic) bond motifs is 1. The number of nitrogens with one attached hydrogen (secondary N) is 1. The summed E-state index contributed by atoms with van der Waals surface area (Å²) in [4.78, 5) is 32.4. The van der Waals surface area contributed by atoms with Gasteiger partial charge in [0.15, 0.2) is 5.13 Å². The van der Waals surface area contributed by atoms with Gasteiger partial charge in [0, 0.05) is 5.38 Å². The maximum atomic E-state index is 11.6. The quantitative estimate of drug-likeness (QED) is 0.473. The predicted octanol–water partition coefficient (Wildman–Crippen LogP) is 2.49. The van der Waals surface area contributed by atoms with Crippen LogP contribution in [0, 0.1) is 0 Å². The highest BCUT2D eigenvalue weighted by Crippen LogP contribution is 2.27. The maximum Gasteiger partial charge on any atom is 0.414 e. The van der Waals surface area contributed by atoms with Crippen molar-refractivity contribution in [2.75, 3.05) is 4.90 Å². The minimum Gasteiger partial charge on any atom is -0.465 e. The molecule has 0 bridgehead atoms. The number of benzene rings is 1. The van der Waals surface area contributed by atoms with E-state index in [1.807, 2.05) is 24.3 Å². The number of carbonyl (C=O) groups excluding carboxylic acids is 1. The van der Waals surface area contributed by atoms with Crippen LogP contribution in [-0.2, 0) is 17.8 Å². The third-order valence-corrected chi connectivity index (χ3v) is 5.03. The number of para-hydroxylation sites is 1. The van der Waals surface area contributed by atoms with Crippen LogP contribution in [0.15, 0.2) is 29.6 Å². The van der Waals surface area contributed by atoms with Gasteiger partial charge in [-0.15, -0.1) is 22.7 Å². The molecule has 0 saturated carbocycles. The lowest BCUT2D eigenvalue weighted by molar-refractivity contribution is -0.128. The first-order chi connectivity index (χ1) is 11.6. The highest BCUT2D eigenvalue weighted by molar-refractivity contribution is 7.18. The van der Waals surface area contributed by atoms with Crippen LogP contribution in [0.4, 0.5) is 9.93 Å². The van der Waals surface area contributed by atoms with Gasteiger partial charge >= 0.3 is 6.09 Å². The Kier molecular flexibility index (Phi) is 4.69. The molecule has 24 heavy (non-hydrogen) atoms. The summed E-state index contributed by atoms with van der Waals surface area (Å²) in [6.07, 6.45) is -1.27. The topological polar surface area (TPSA) is 116 Å². The zero-order valence-corrected chi connectivity index (χ0v) is 13.8. The molecule has 0 radical (unpaired) electrons. The van der Waals surface area contributed by atoms with E-state index in [0.29, 0.717) is 10.7 Å². The van der Waals surface area contributed by atoms with Gasteiger partial charge in [-0.1, -0.05) is 12.1 Å². The summed E-state index contributed by atoms with van der Waals surface area (Å²) in [5, 5.41) is 20.5. The molecule has 2 amide bonds. The summed E-state index contributed by atoms with van der Waals surface area (Å²) in [7, 11) is 0. The second-order valence-electron chi connectivity index (χ2n) is 4.78. The van der Waals surface area contributed by atoms with Crippen LogP contribution in [0.2, 0.25) is 0 Å². The predicted molar refractivity (Wildman–Crippen MR) is 89.6 cm³/mol.